The van der Waals surface area contributed by atoms with Gasteiger partial charge in [0, 0.05) is 11.4 Å². The SMILES string of the molecule is Cc1ccc(CSc2nnc(SCC(=O)N/N=C\C(=S)Nc3ccc(C)cc3)s2)cc1. The number of hydrogen-bond acceptors (Lipinski definition) is 8. The summed E-state index contributed by atoms with van der Waals surface area (Å²) < 4.78 is 1.64. The molecule has 31 heavy (non-hydrogen) atoms. The molecular formula is C21H21N5OS4. The van der Waals surface area contributed by atoms with Crippen molar-refractivity contribution in [3.63, 3.8) is 0 Å². The van der Waals surface area contributed by atoms with Gasteiger partial charge in [-0.3, -0.25) is 4.79 Å². The van der Waals surface area contributed by atoms with E-state index in [4.69, 9.17) is 12.2 Å². The highest BCUT2D eigenvalue weighted by Crippen LogP contribution is 2.30. The van der Waals surface area contributed by atoms with Crippen molar-refractivity contribution in [2.75, 3.05) is 11.1 Å². The summed E-state index contributed by atoms with van der Waals surface area (Å²) in [6.07, 6.45) is 1.41. The number of carbonyl (C=O) groups excluding carboxylic acids is 1. The lowest BCUT2D eigenvalue weighted by atomic mass is 10.2. The van der Waals surface area contributed by atoms with Crippen LogP contribution in [0.15, 0.2) is 62.3 Å². The Hall–Kier alpha value is -2.27. The van der Waals surface area contributed by atoms with Crippen molar-refractivity contribution in [1.29, 1.82) is 0 Å². The Labute approximate surface area is 199 Å². The lowest BCUT2D eigenvalue weighted by Gasteiger charge is -2.04. The quantitative estimate of drug-likeness (QED) is 0.189. The van der Waals surface area contributed by atoms with Gasteiger partial charge < -0.3 is 5.32 Å². The van der Waals surface area contributed by atoms with Crippen LogP contribution in [0.25, 0.3) is 0 Å². The van der Waals surface area contributed by atoms with E-state index in [1.807, 2.05) is 31.2 Å². The number of hydrogen-bond donors (Lipinski definition) is 2. The van der Waals surface area contributed by atoms with E-state index in [9.17, 15) is 4.79 Å². The van der Waals surface area contributed by atoms with Gasteiger partial charge in [-0.1, -0.05) is 94.6 Å². The highest BCUT2D eigenvalue weighted by molar-refractivity contribution is 8.03. The molecule has 2 aromatic carbocycles. The summed E-state index contributed by atoms with van der Waals surface area (Å²) in [6, 6.07) is 16.3. The lowest BCUT2D eigenvalue weighted by Crippen LogP contribution is -2.21. The Morgan fingerprint density at radius 2 is 1.65 bits per heavy atom. The average Bonchev–Trinajstić information content (AvgIpc) is 3.21. The normalized spacial score (nSPS) is 10.9. The van der Waals surface area contributed by atoms with Gasteiger partial charge in [0.2, 0.25) is 0 Å². The number of thiocarbonyl (C=S) groups is 1. The van der Waals surface area contributed by atoms with Crippen LogP contribution < -0.4 is 10.7 Å². The van der Waals surface area contributed by atoms with Crippen LogP contribution in [0.3, 0.4) is 0 Å². The third-order valence-electron chi connectivity index (χ3n) is 3.89. The predicted molar refractivity (Wildman–Crippen MR) is 135 cm³/mol. The minimum Gasteiger partial charge on any atom is -0.345 e. The highest BCUT2D eigenvalue weighted by Gasteiger charge is 2.08. The van der Waals surface area contributed by atoms with Crippen LogP contribution in [0.2, 0.25) is 0 Å². The molecule has 6 nitrogen and oxygen atoms in total. The summed E-state index contributed by atoms with van der Waals surface area (Å²) in [7, 11) is 0. The zero-order valence-corrected chi connectivity index (χ0v) is 20.3. The number of rotatable bonds is 9. The fourth-order valence-corrected chi connectivity index (χ4v) is 5.22. The van der Waals surface area contributed by atoms with E-state index < -0.39 is 0 Å². The van der Waals surface area contributed by atoms with Gasteiger partial charge >= 0.3 is 0 Å². The molecule has 0 atom stereocenters. The molecule has 1 aromatic heterocycles. The highest BCUT2D eigenvalue weighted by atomic mass is 32.2. The van der Waals surface area contributed by atoms with Crippen molar-refractivity contribution in [1.82, 2.24) is 15.6 Å². The predicted octanol–water partition coefficient (Wildman–Crippen LogP) is 5.08. The molecule has 3 aromatic rings. The summed E-state index contributed by atoms with van der Waals surface area (Å²) in [4.78, 5) is 12.4. The fourth-order valence-electron chi connectivity index (χ4n) is 2.28. The second-order valence-electron chi connectivity index (χ2n) is 6.55. The number of thioether (sulfide) groups is 2. The Balaban J connectivity index is 1.36. The maximum absolute atomic E-state index is 12.0. The standard InChI is InChI=1S/C21H21N5OS4/c1-14-3-7-16(8-4-14)12-29-20-25-26-21(31-20)30-13-18(27)24-22-11-19(28)23-17-9-5-15(2)6-10-17/h3-11H,12-13H2,1-2H3,(H,23,28)(H,24,27)/b22-11-. The van der Waals surface area contributed by atoms with Crippen LogP contribution in [0, 0.1) is 13.8 Å². The monoisotopic (exact) mass is 487 g/mol. The number of anilines is 1. The van der Waals surface area contributed by atoms with Gasteiger partial charge in [0.25, 0.3) is 5.91 Å². The molecule has 10 heteroatoms. The molecule has 1 amide bonds. The summed E-state index contributed by atoms with van der Waals surface area (Å²) >= 11 is 9.65. The summed E-state index contributed by atoms with van der Waals surface area (Å²) in [5.41, 5.74) is 7.00. The van der Waals surface area contributed by atoms with Gasteiger partial charge in [0.15, 0.2) is 8.68 Å². The fraction of sp³-hybridized carbons (Fsp3) is 0.190. The molecule has 0 saturated carbocycles. The number of hydrazone groups is 1. The van der Waals surface area contributed by atoms with E-state index in [2.05, 4.69) is 57.2 Å². The van der Waals surface area contributed by atoms with E-state index in [1.165, 1.54) is 46.0 Å². The third-order valence-corrected chi connectivity index (χ3v) is 7.36. The van der Waals surface area contributed by atoms with Crippen molar-refractivity contribution in [2.24, 2.45) is 5.10 Å². The van der Waals surface area contributed by atoms with Crippen molar-refractivity contribution in [3.05, 3.63) is 65.2 Å². The number of nitrogens with zero attached hydrogens (tertiary/aromatic N) is 3. The molecule has 0 saturated heterocycles. The van der Waals surface area contributed by atoms with Crippen LogP contribution in [0.4, 0.5) is 5.69 Å². The van der Waals surface area contributed by atoms with Crippen LogP contribution >= 0.6 is 47.1 Å². The van der Waals surface area contributed by atoms with Crippen LogP contribution in [0.5, 0.6) is 0 Å². The number of nitrogens with one attached hydrogen (secondary N) is 2. The minimum absolute atomic E-state index is 0.201. The number of aromatic nitrogens is 2. The summed E-state index contributed by atoms with van der Waals surface area (Å²) in [5, 5.41) is 15.2. The smallest absolute Gasteiger partial charge is 0.250 e. The Kier molecular flexibility index (Phi) is 9.01. The number of benzene rings is 2. The number of aryl methyl sites for hydroxylation is 2. The second kappa shape index (κ2) is 11.9. The summed E-state index contributed by atoms with van der Waals surface area (Å²) in [6.45, 7) is 4.09. The first-order valence-electron chi connectivity index (χ1n) is 9.32. The van der Waals surface area contributed by atoms with E-state index in [0.29, 0.717) is 4.99 Å². The molecule has 2 N–H and O–H groups in total. The molecular weight excluding hydrogens is 467 g/mol. The molecule has 0 spiro atoms. The van der Waals surface area contributed by atoms with Gasteiger partial charge in [-0.2, -0.15) is 5.10 Å². The maximum atomic E-state index is 12.0. The molecule has 0 bridgehead atoms. The Bertz CT molecular complexity index is 1050. The van der Waals surface area contributed by atoms with Crippen LogP contribution in [0.1, 0.15) is 16.7 Å². The Morgan fingerprint density at radius 1 is 1.03 bits per heavy atom. The van der Waals surface area contributed by atoms with Crippen molar-refractivity contribution in [3.8, 4) is 0 Å². The van der Waals surface area contributed by atoms with Crippen LogP contribution in [-0.4, -0.2) is 33.1 Å². The van der Waals surface area contributed by atoms with Crippen molar-refractivity contribution >= 4 is 69.9 Å². The first-order valence-corrected chi connectivity index (χ1v) is 12.5. The van der Waals surface area contributed by atoms with Crippen molar-refractivity contribution in [2.45, 2.75) is 28.3 Å². The van der Waals surface area contributed by atoms with Crippen LogP contribution in [-0.2, 0) is 10.5 Å². The van der Waals surface area contributed by atoms with Crippen molar-refractivity contribution < 1.29 is 4.79 Å². The average molecular weight is 488 g/mol. The number of carbonyl (C=O) groups is 1. The molecule has 0 unspecified atom stereocenters. The first kappa shape index (κ1) is 23.4. The van der Waals surface area contributed by atoms with E-state index >= 15 is 0 Å². The molecule has 0 fully saturated rings. The molecule has 0 aliphatic rings. The largest absolute Gasteiger partial charge is 0.345 e. The third kappa shape index (κ3) is 8.41. The van der Waals surface area contributed by atoms with Gasteiger partial charge in [0.05, 0.1) is 12.0 Å². The minimum atomic E-state index is -0.233. The van der Waals surface area contributed by atoms with Gasteiger partial charge in [-0.05, 0) is 31.5 Å². The molecule has 160 valence electrons. The van der Waals surface area contributed by atoms with Gasteiger partial charge in [0.1, 0.15) is 4.99 Å². The molecule has 0 aliphatic heterocycles. The second-order valence-corrected chi connectivity index (χ2v) is 10.4. The number of amides is 1. The van der Waals surface area contributed by atoms with E-state index in [-0.39, 0.29) is 11.7 Å². The first-order chi connectivity index (χ1) is 15.0. The zero-order valence-electron chi connectivity index (χ0n) is 17.0. The Morgan fingerprint density at radius 3 is 2.32 bits per heavy atom. The van der Waals surface area contributed by atoms with E-state index in [1.54, 1.807) is 11.8 Å². The lowest BCUT2D eigenvalue weighted by molar-refractivity contribution is -0.118. The molecule has 0 aliphatic carbocycles. The van der Waals surface area contributed by atoms with E-state index in [0.717, 1.165) is 20.1 Å². The molecule has 0 radical (unpaired) electrons. The molecule has 3 rings (SSSR count). The topological polar surface area (TPSA) is 79.3 Å². The summed E-state index contributed by atoms with van der Waals surface area (Å²) in [5.74, 6) is 0.807. The van der Waals surface area contributed by atoms with Gasteiger partial charge in [-0.15, -0.1) is 10.2 Å². The molecule has 1 heterocycles. The maximum Gasteiger partial charge on any atom is 0.250 e. The van der Waals surface area contributed by atoms with Gasteiger partial charge in [-0.25, -0.2) is 5.43 Å². The zero-order chi connectivity index (χ0) is 22.1.